The summed E-state index contributed by atoms with van der Waals surface area (Å²) in [6, 6.07) is 16.1. The molecule has 0 atom stereocenters. The van der Waals surface area contributed by atoms with Gasteiger partial charge in [0.25, 0.3) is 0 Å². The number of piperidine rings is 1. The number of para-hydroxylation sites is 2. The summed E-state index contributed by atoms with van der Waals surface area (Å²) in [7, 11) is 3.94. The first-order valence-electron chi connectivity index (χ1n) is 8.81. The van der Waals surface area contributed by atoms with Crippen LogP contribution < -0.4 is 15.1 Å². The van der Waals surface area contributed by atoms with Gasteiger partial charge in [-0.2, -0.15) is 0 Å². The normalized spacial score (nSPS) is 14.8. The van der Waals surface area contributed by atoms with Gasteiger partial charge in [0.05, 0.1) is 16.3 Å². The van der Waals surface area contributed by atoms with E-state index < -0.39 is 0 Å². The number of hydrogen-bond donors (Lipinski definition) is 2. The molecular weight excluding hydrogens is 362 g/mol. The van der Waals surface area contributed by atoms with Gasteiger partial charge in [-0.05, 0) is 49.1 Å². The van der Waals surface area contributed by atoms with Gasteiger partial charge in [-0.15, -0.1) is 0 Å². The Hall–Kier alpha value is -2.22. The lowest BCUT2D eigenvalue weighted by Crippen LogP contribution is -2.34. The molecule has 0 unspecified atom stereocenters. The molecule has 27 heavy (non-hydrogen) atoms. The Morgan fingerprint density at radius 3 is 2.37 bits per heavy atom. The molecule has 0 amide bonds. The number of carbonyl (C=O) groups excluding carboxylic acids is 1. The molecule has 0 aliphatic carbocycles. The standard InChI is InChI=1S/C19H25N3O2S.CH2O/c1-21(2)17-9-6-10-18(19(17)20-23)25-22-13-11-16(12-14-22)24-15-7-4-3-5-8-15;1-2/h3-10,16,20,23H,11-14H2,1-2H3;1H2. The fraction of sp³-hybridized carbons (Fsp3) is 0.350. The zero-order valence-electron chi connectivity index (χ0n) is 15.8. The maximum Gasteiger partial charge on any atom is 0.119 e. The van der Waals surface area contributed by atoms with Gasteiger partial charge in [0, 0.05) is 27.2 Å². The van der Waals surface area contributed by atoms with E-state index >= 15 is 0 Å². The molecule has 0 spiro atoms. The van der Waals surface area contributed by atoms with E-state index in [0.29, 0.717) is 0 Å². The highest BCUT2D eigenvalue weighted by molar-refractivity contribution is 7.97. The molecule has 3 rings (SSSR count). The van der Waals surface area contributed by atoms with Crippen LogP contribution in [0, 0.1) is 0 Å². The van der Waals surface area contributed by atoms with Crippen molar-refractivity contribution in [3.8, 4) is 5.75 Å². The number of ether oxygens (including phenoxy) is 1. The summed E-state index contributed by atoms with van der Waals surface area (Å²) in [6.45, 7) is 3.92. The molecule has 0 aromatic heterocycles. The summed E-state index contributed by atoms with van der Waals surface area (Å²) >= 11 is 1.68. The minimum absolute atomic E-state index is 0.266. The van der Waals surface area contributed by atoms with E-state index in [1.54, 1.807) is 11.9 Å². The fourth-order valence-corrected chi connectivity index (χ4v) is 4.01. The topological polar surface area (TPSA) is 65.0 Å². The minimum Gasteiger partial charge on any atom is -0.490 e. The Kier molecular flexibility index (Phi) is 8.44. The first kappa shape index (κ1) is 21.1. The third-order valence-electron chi connectivity index (χ3n) is 4.27. The van der Waals surface area contributed by atoms with Crippen LogP contribution in [0.4, 0.5) is 11.4 Å². The third-order valence-corrected chi connectivity index (χ3v) is 5.43. The highest BCUT2D eigenvalue weighted by Gasteiger charge is 2.22. The van der Waals surface area contributed by atoms with Gasteiger partial charge in [-0.3, -0.25) is 10.7 Å². The van der Waals surface area contributed by atoms with E-state index in [-0.39, 0.29) is 6.10 Å². The van der Waals surface area contributed by atoms with E-state index in [1.807, 2.05) is 74.3 Å². The maximum atomic E-state index is 9.56. The van der Waals surface area contributed by atoms with Crippen molar-refractivity contribution < 1.29 is 14.7 Å². The van der Waals surface area contributed by atoms with Crippen LogP contribution in [0.3, 0.4) is 0 Å². The molecule has 2 aromatic rings. The van der Waals surface area contributed by atoms with Crippen LogP contribution in [-0.2, 0) is 4.79 Å². The van der Waals surface area contributed by atoms with Crippen molar-refractivity contribution in [3.05, 3.63) is 48.5 Å². The number of hydrogen-bond acceptors (Lipinski definition) is 7. The lowest BCUT2D eigenvalue weighted by Gasteiger charge is -2.31. The second kappa shape index (κ2) is 10.8. The summed E-state index contributed by atoms with van der Waals surface area (Å²) in [5.74, 6) is 0.944. The molecule has 1 heterocycles. The molecule has 2 aromatic carbocycles. The second-order valence-corrected chi connectivity index (χ2v) is 7.45. The highest BCUT2D eigenvalue weighted by Crippen LogP contribution is 2.37. The van der Waals surface area contributed by atoms with E-state index in [1.165, 1.54) is 0 Å². The fourth-order valence-electron chi connectivity index (χ4n) is 2.95. The zero-order chi connectivity index (χ0) is 19.6. The number of rotatable bonds is 6. The number of carbonyl (C=O) groups is 1. The molecule has 1 aliphatic heterocycles. The van der Waals surface area contributed by atoms with Crippen LogP contribution in [0.5, 0.6) is 5.75 Å². The summed E-state index contributed by atoms with van der Waals surface area (Å²) in [5.41, 5.74) is 4.08. The number of nitrogens with zero attached hydrogens (tertiary/aromatic N) is 2. The van der Waals surface area contributed by atoms with Crippen molar-refractivity contribution in [2.45, 2.75) is 23.8 Å². The van der Waals surface area contributed by atoms with Crippen LogP contribution in [0.15, 0.2) is 53.4 Å². The summed E-state index contributed by atoms with van der Waals surface area (Å²) in [6.07, 6.45) is 2.26. The van der Waals surface area contributed by atoms with Gasteiger partial charge in [0.15, 0.2) is 0 Å². The molecule has 2 N–H and O–H groups in total. The van der Waals surface area contributed by atoms with Gasteiger partial charge in [0.1, 0.15) is 18.6 Å². The van der Waals surface area contributed by atoms with Crippen LogP contribution in [0.2, 0.25) is 0 Å². The van der Waals surface area contributed by atoms with Crippen molar-refractivity contribution in [2.75, 3.05) is 37.6 Å². The van der Waals surface area contributed by atoms with E-state index in [2.05, 4.69) is 9.79 Å². The van der Waals surface area contributed by atoms with E-state index in [0.717, 1.165) is 48.0 Å². The Morgan fingerprint density at radius 2 is 1.78 bits per heavy atom. The lowest BCUT2D eigenvalue weighted by atomic mass is 10.1. The molecule has 1 saturated heterocycles. The molecule has 0 radical (unpaired) electrons. The number of benzene rings is 2. The summed E-state index contributed by atoms with van der Waals surface area (Å²) < 4.78 is 8.39. The molecule has 0 bridgehead atoms. The Bertz CT molecular complexity index is 692. The largest absolute Gasteiger partial charge is 0.490 e. The number of nitrogens with one attached hydrogen (secondary N) is 1. The predicted molar refractivity (Wildman–Crippen MR) is 111 cm³/mol. The van der Waals surface area contributed by atoms with Gasteiger partial charge in [-0.25, -0.2) is 4.31 Å². The molecule has 1 aliphatic rings. The Morgan fingerprint density at radius 1 is 1.11 bits per heavy atom. The van der Waals surface area contributed by atoms with Crippen molar-refractivity contribution in [1.82, 2.24) is 4.31 Å². The van der Waals surface area contributed by atoms with Crippen molar-refractivity contribution in [2.24, 2.45) is 0 Å². The van der Waals surface area contributed by atoms with Crippen molar-refractivity contribution >= 4 is 30.1 Å². The van der Waals surface area contributed by atoms with Crippen LogP contribution in [0.25, 0.3) is 0 Å². The van der Waals surface area contributed by atoms with Crippen LogP contribution >= 0.6 is 11.9 Å². The first-order chi connectivity index (χ1) is 13.2. The van der Waals surface area contributed by atoms with Crippen molar-refractivity contribution in [1.29, 1.82) is 0 Å². The number of anilines is 2. The molecule has 1 fully saturated rings. The SMILES string of the molecule is C=O.CN(C)c1cccc(SN2CCC(Oc3ccccc3)CC2)c1NO. The average Bonchev–Trinajstić information content (AvgIpc) is 2.71. The quantitative estimate of drug-likeness (QED) is 0.573. The van der Waals surface area contributed by atoms with Crippen LogP contribution in [0.1, 0.15) is 12.8 Å². The van der Waals surface area contributed by atoms with Gasteiger partial charge in [0.2, 0.25) is 0 Å². The summed E-state index contributed by atoms with van der Waals surface area (Å²) in [4.78, 5) is 11.0. The minimum atomic E-state index is 0.266. The second-order valence-electron chi connectivity index (χ2n) is 6.31. The predicted octanol–water partition coefficient (Wildman–Crippen LogP) is 3.92. The Labute approximate surface area is 165 Å². The Balaban J connectivity index is 0.00000126. The summed E-state index contributed by atoms with van der Waals surface area (Å²) in [5, 5.41) is 9.56. The van der Waals surface area contributed by atoms with Gasteiger partial charge >= 0.3 is 0 Å². The van der Waals surface area contributed by atoms with E-state index in [9.17, 15) is 5.21 Å². The average molecular weight is 390 g/mol. The van der Waals surface area contributed by atoms with E-state index in [4.69, 9.17) is 9.53 Å². The van der Waals surface area contributed by atoms with Gasteiger partial charge < -0.3 is 14.4 Å². The van der Waals surface area contributed by atoms with Gasteiger partial charge in [-0.1, -0.05) is 24.3 Å². The smallest absolute Gasteiger partial charge is 0.119 e. The molecular formula is C20H27N3O3S. The van der Waals surface area contributed by atoms with Crippen LogP contribution in [-0.4, -0.2) is 49.6 Å². The molecule has 7 heteroatoms. The van der Waals surface area contributed by atoms with Crippen molar-refractivity contribution in [3.63, 3.8) is 0 Å². The first-order valence-corrected chi connectivity index (χ1v) is 9.58. The third kappa shape index (κ3) is 5.89. The monoisotopic (exact) mass is 389 g/mol. The molecule has 0 saturated carbocycles. The lowest BCUT2D eigenvalue weighted by molar-refractivity contribution is -0.0979. The maximum absolute atomic E-state index is 9.56. The zero-order valence-corrected chi connectivity index (χ0v) is 16.6. The molecule has 146 valence electrons. The molecule has 6 nitrogen and oxygen atoms in total. The highest BCUT2D eigenvalue weighted by atomic mass is 32.2.